The standard InChI is InChI=1S/C11H17N3S/c1-3-4-7-14(2)10-8-13-6-5-9(10)11(12)15/h5-6,8H,3-4,7H2,1-2H3,(H2,12,15). The van der Waals surface area contributed by atoms with Crippen LogP contribution < -0.4 is 10.6 Å². The van der Waals surface area contributed by atoms with Crippen LogP contribution >= 0.6 is 12.2 Å². The maximum atomic E-state index is 5.66. The maximum absolute atomic E-state index is 5.66. The molecule has 0 bridgehead atoms. The van der Waals surface area contributed by atoms with Crippen molar-refractivity contribution in [3.05, 3.63) is 24.0 Å². The van der Waals surface area contributed by atoms with Crippen LogP contribution in [0.3, 0.4) is 0 Å². The van der Waals surface area contributed by atoms with E-state index in [1.165, 1.54) is 6.42 Å². The highest BCUT2D eigenvalue weighted by molar-refractivity contribution is 7.80. The van der Waals surface area contributed by atoms with Gasteiger partial charge in [0.2, 0.25) is 0 Å². The Bertz CT molecular complexity index is 338. The molecule has 3 nitrogen and oxygen atoms in total. The van der Waals surface area contributed by atoms with Gasteiger partial charge in [-0.1, -0.05) is 25.6 Å². The van der Waals surface area contributed by atoms with E-state index in [0.717, 1.165) is 24.2 Å². The average Bonchev–Trinajstić information content (AvgIpc) is 2.25. The fourth-order valence-corrected chi connectivity index (χ4v) is 1.59. The van der Waals surface area contributed by atoms with E-state index in [9.17, 15) is 0 Å². The molecule has 0 saturated carbocycles. The van der Waals surface area contributed by atoms with Gasteiger partial charge in [0.05, 0.1) is 11.9 Å². The molecule has 0 atom stereocenters. The molecule has 0 spiro atoms. The van der Waals surface area contributed by atoms with Crippen molar-refractivity contribution in [3.8, 4) is 0 Å². The first-order valence-corrected chi connectivity index (χ1v) is 5.52. The Morgan fingerprint density at radius 1 is 1.60 bits per heavy atom. The lowest BCUT2D eigenvalue weighted by atomic mass is 10.2. The van der Waals surface area contributed by atoms with Crippen molar-refractivity contribution in [2.75, 3.05) is 18.5 Å². The summed E-state index contributed by atoms with van der Waals surface area (Å²) in [6, 6.07) is 1.86. The summed E-state index contributed by atoms with van der Waals surface area (Å²) in [5.41, 5.74) is 7.57. The SMILES string of the molecule is CCCCN(C)c1cnccc1C(N)=S. The Balaban J connectivity index is 2.87. The number of thiocarbonyl (C=S) groups is 1. The second-order valence-electron chi connectivity index (χ2n) is 3.53. The summed E-state index contributed by atoms with van der Waals surface area (Å²) in [7, 11) is 2.04. The Hall–Kier alpha value is -1.16. The minimum Gasteiger partial charge on any atom is -0.389 e. The van der Waals surface area contributed by atoms with Gasteiger partial charge in [-0.3, -0.25) is 4.98 Å². The number of aromatic nitrogens is 1. The molecule has 0 fully saturated rings. The molecule has 0 saturated heterocycles. The van der Waals surface area contributed by atoms with Gasteiger partial charge in [0, 0.05) is 25.4 Å². The third-order valence-electron chi connectivity index (χ3n) is 2.32. The first-order chi connectivity index (χ1) is 7.16. The number of nitrogens with two attached hydrogens (primary N) is 1. The zero-order valence-corrected chi connectivity index (χ0v) is 10.0. The predicted molar refractivity (Wildman–Crippen MR) is 68.3 cm³/mol. The molecule has 1 aromatic heterocycles. The molecule has 15 heavy (non-hydrogen) atoms. The zero-order valence-electron chi connectivity index (χ0n) is 9.23. The number of anilines is 1. The van der Waals surface area contributed by atoms with E-state index >= 15 is 0 Å². The lowest BCUT2D eigenvalue weighted by Gasteiger charge is -2.21. The minimum absolute atomic E-state index is 0.427. The molecule has 1 heterocycles. The molecular weight excluding hydrogens is 206 g/mol. The first kappa shape index (κ1) is 11.9. The monoisotopic (exact) mass is 223 g/mol. The lowest BCUT2D eigenvalue weighted by Crippen LogP contribution is -2.23. The van der Waals surface area contributed by atoms with Gasteiger partial charge in [-0.2, -0.15) is 0 Å². The molecule has 0 aliphatic heterocycles. The van der Waals surface area contributed by atoms with Gasteiger partial charge in [-0.25, -0.2) is 0 Å². The predicted octanol–water partition coefficient (Wildman–Crippen LogP) is 1.95. The number of rotatable bonds is 5. The minimum atomic E-state index is 0.427. The molecule has 1 rings (SSSR count). The molecule has 0 aliphatic rings. The quantitative estimate of drug-likeness (QED) is 0.775. The average molecular weight is 223 g/mol. The molecule has 1 aromatic rings. The van der Waals surface area contributed by atoms with Crippen molar-refractivity contribution in [2.24, 2.45) is 5.73 Å². The summed E-state index contributed by atoms with van der Waals surface area (Å²) in [5.74, 6) is 0. The second-order valence-corrected chi connectivity index (χ2v) is 3.97. The maximum Gasteiger partial charge on any atom is 0.106 e. The number of hydrogen-bond acceptors (Lipinski definition) is 3. The molecular formula is C11H17N3S. The summed E-state index contributed by atoms with van der Waals surface area (Å²) in [4.78, 5) is 6.67. The summed E-state index contributed by atoms with van der Waals surface area (Å²) in [5, 5.41) is 0. The molecule has 0 aromatic carbocycles. The fourth-order valence-electron chi connectivity index (χ4n) is 1.41. The van der Waals surface area contributed by atoms with Crippen molar-refractivity contribution in [2.45, 2.75) is 19.8 Å². The number of unbranched alkanes of at least 4 members (excludes halogenated alkanes) is 1. The fraction of sp³-hybridized carbons (Fsp3) is 0.455. The van der Waals surface area contributed by atoms with Crippen molar-refractivity contribution in [1.82, 2.24) is 4.98 Å². The normalized spacial score (nSPS) is 10.0. The zero-order chi connectivity index (χ0) is 11.3. The van der Waals surface area contributed by atoms with Crippen LogP contribution in [0.25, 0.3) is 0 Å². The van der Waals surface area contributed by atoms with Gasteiger partial charge in [-0.05, 0) is 12.5 Å². The van der Waals surface area contributed by atoms with Crippen molar-refractivity contribution >= 4 is 22.9 Å². The molecule has 0 amide bonds. The molecule has 82 valence electrons. The van der Waals surface area contributed by atoms with Crippen LogP contribution in [0, 0.1) is 0 Å². The summed E-state index contributed by atoms with van der Waals surface area (Å²) < 4.78 is 0. The third kappa shape index (κ3) is 3.16. The summed E-state index contributed by atoms with van der Waals surface area (Å²) >= 11 is 5.00. The van der Waals surface area contributed by atoms with E-state index in [4.69, 9.17) is 18.0 Å². The van der Waals surface area contributed by atoms with Crippen LogP contribution in [0.4, 0.5) is 5.69 Å². The van der Waals surface area contributed by atoms with Crippen LogP contribution in [0.2, 0.25) is 0 Å². The number of pyridine rings is 1. The van der Waals surface area contributed by atoms with E-state index in [1.54, 1.807) is 6.20 Å². The smallest absolute Gasteiger partial charge is 0.106 e. The molecule has 0 aliphatic carbocycles. The van der Waals surface area contributed by atoms with Crippen LogP contribution in [0.1, 0.15) is 25.3 Å². The highest BCUT2D eigenvalue weighted by atomic mass is 32.1. The van der Waals surface area contributed by atoms with Gasteiger partial charge >= 0.3 is 0 Å². The summed E-state index contributed by atoms with van der Waals surface area (Å²) in [6.07, 6.45) is 5.85. The lowest BCUT2D eigenvalue weighted by molar-refractivity contribution is 0.765. The molecule has 2 N–H and O–H groups in total. The van der Waals surface area contributed by atoms with Gasteiger partial charge in [0.25, 0.3) is 0 Å². The topological polar surface area (TPSA) is 42.2 Å². The Morgan fingerprint density at radius 2 is 2.33 bits per heavy atom. The second kappa shape index (κ2) is 5.66. The highest BCUT2D eigenvalue weighted by Gasteiger charge is 2.08. The first-order valence-electron chi connectivity index (χ1n) is 5.11. The molecule has 4 heteroatoms. The Morgan fingerprint density at radius 3 is 2.93 bits per heavy atom. The van der Waals surface area contributed by atoms with E-state index in [-0.39, 0.29) is 0 Å². The number of nitrogens with zero attached hydrogens (tertiary/aromatic N) is 2. The molecule has 0 unspecified atom stereocenters. The molecule has 0 radical (unpaired) electrons. The third-order valence-corrected chi connectivity index (χ3v) is 2.54. The van der Waals surface area contributed by atoms with E-state index < -0.39 is 0 Å². The van der Waals surface area contributed by atoms with Crippen molar-refractivity contribution < 1.29 is 0 Å². The largest absolute Gasteiger partial charge is 0.389 e. The summed E-state index contributed by atoms with van der Waals surface area (Å²) in [6.45, 7) is 3.17. The van der Waals surface area contributed by atoms with Gasteiger partial charge in [0.1, 0.15) is 4.99 Å². The van der Waals surface area contributed by atoms with Crippen LogP contribution in [-0.2, 0) is 0 Å². The van der Waals surface area contributed by atoms with E-state index in [2.05, 4.69) is 16.8 Å². The van der Waals surface area contributed by atoms with Crippen molar-refractivity contribution in [1.29, 1.82) is 0 Å². The Kier molecular flexibility index (Phi) is 4.49. The van der Waals surface area contributed by atoms with Crippen LogP contribution in [0.5, 0.6) is 0 Å². The van der Waals surface area contributed by atoms with Gasteiger partial charge in [0.15, 0.2) is 0 Å². The van der Waals surface area contributed by atoms with Gasteiger partial charge < -0.3 is 10.6 Å². The number of hydrogen-bond donors (Lipinski definition) is 1. The highest BCUT2D eigenvalue weighted by Crippen LogP contribution is 2.17. The van der Waals surface area contributed by atoms with Gasteiger partial charge in [-0.15, -0.1) is 0 Å². The van der Waals surface area contributed by atoms with E-state index in [1.807, 2.05) is 19.3 Å². The van der Waals surface area contributed by atoms with Crippen molar-refractivity contribution in [3.63, 3.8) is 0 Å². The van der Waals surface area contributed by atoms with Crippen LogP contribution in [0.15, 0.2) is 18.5 Å². The van der Waals surface area contributed by atoms with E-state index in [0.29, 0.717) is 4.99 Å². The van der Waals surface area contributed by atoms with Crippen LogP contribution in [-0.4, -0.2) is 23.6 Å². The Labute approximate surface area is 96.3 Å².